The molecule has 170 valence electrons. The van der Waals surface area contributed by atoms with Crippen molar-refractivity contribution in [1.82, 2.24) is 4.90 Å². The van der Waals surface area contributed by atoms with Crippen LogP contribution in [0.5, 0.6) is 11.5 Å². The van der Waals surface area contributed by atoms with E-state index in [4.69, 9.17) is 13.9 Å². The molecular formula is C26H18BrNO5S. The molecule has 0 saturated carbocycles. The number of fused-ring (bicyclic) bond motifs is 3. The summed E-state index contributed by atoms with van der Waals surface area (Å²) >= 11 is 5.07. The van der Waals surface area contributed by atoms with E-state index in [-0.39, 0.29) is 30.4 Å². The normalized spacial score (nSPS) is 16.4. The molecule has 0 N–H and O–H groups in total. The van der Waals surface area contributed by atoms with Crippen molar-refractivity contribution in [1.29, 1.82) is 0 Å². The van der Waals surface area contributed by atoms with Gasteiger partial charge in [-0.05, 0) is 59.8 Å². The van der Waals surface area contributed by atoms with E-state index in [1.165, 1.54) is 0 Å². The van der Waals surface area contributed by atoms with Gasteiger partial charge in [0.15, 0.2) is 16.9 Å². The minimum Gasteiger partial charge on any atom is -0.454 e. The van der Waals surface area contributed by atoms with Gasteiger partial charge in [-0.3, -0.25) is 9.59 Å². The Morgan fingerprint density at radius 1 is 1.00 bits per heavy atom. The quantitative estimate of drug-likeness (QED) is 0.310. The molecule has 0 saturated heterocycles. The predicted octanol–water partition coefficient (Wildman–Crippen LogP) is 5.75. The van der Waals surface area contributed by atoms with Crippen LogP contribution in [0.3, 0.4) is 0 Å². The van der Waals surface area contributed by atoms with Crippen LogP contribution in [0.2, 0.25) is 0 Å². The molecule has 0 bridgehead atoms. The Balaban J connectivity index is 1.51. The van der Waals surface area contributed by atoms with E-state index in [0.29, 0.717) is 28.0 Å². The monoisotopic (exact) mass is 535 g/mol. The van der Waals surface area contributed by atoms with Crippen molar-refractivity contribution in [3.05, 3.63) is 97.8 Å². The Labute approximate surface area is 207 Å². The largest absolute Gasteiger partial charge is 0.454 e. The second kappa shape index (κ2) is 8.21. The van der Waals surface area contributed by atoms with E-state index in [0.717, 1.165) is 20.5 Å². The van der Waals surface area contributed by atoms with Gasteiger partial charge in [-0.1, -0.05) is 34.1 Å². The van der Waals surface area contributed by atoms with Gasteiger partial charge in [0.05, 0.1) is 17.0 Å². The van der Waals surface area contributed by atoms with Crippen molar-refractivity contribution in [3.8, 4) is 11.5 Å². The lowest BCUT2D eigenvalue weighted by Crippen LogP contribution is -2.29. The van der Waals surface area contributed by atoms with Crippen LogP contribution in [0.1, 0.15) is 33.3 Å². The first-order valence-corrected chi connectivity index (χ1v) is 12.6. The molecule has 6 nitrogen and oxygen atoms in total. The summed E-state index contributed by atoms with van der Waals surface area (Å²) in [6, 6.07) is 18.2. The fourth-order valence-corrected chi connectivity index (χ4v) is 5.29. The van der Waals surface area contributed by atoms with Gasteiger partial charge < -0.3 is 18.8 Å². The molecule has 6 rings (SSSR count). The van der Waals surface area contributed by atoms with Crippen LogP contribution < -0.4 is 14.9 Å². The summed E-state index contributed by atoms with van der Waals surface area (Å²) in [4.78, 5) is 30.1. The fraction of sp³-hybridized carbons (Fsp3) is 0.154. The Morgan fingerprint density at radius 3 is 2.59 bits per heavy atom. The number of hydrogen-bond acceptors (Lipinski definition) is 6. The summed E-state index contributed by atoms with van der Waals surface area (Å²) < 4.78 is 17.7. The van der Waals surface area contributed by atoms with Crippen molar-refractivity contribution in [2.75, 3.05) is 13.0 Å². The van der Waals surface area contributed by atoms with E-state index in [2.05, 4.69) is 15.9 Å². The van der Waals surface area contributed by atoms with Crippen molar-refractivity contribution in [2.45, 2.75) is 17.5 Å². The molecule has 34 heavy (non-hydrogen) atoms. The highest BCUT2D eigenvalue weighted by Crippen LogP contribution is 2.41. The first-order valence-electron chi connectivity index (χ1n) is 10.6. The highest BCUT2D eigenvalue weighted by Gasteiger charge is 2.42. The molecule has 0 aliphatic carbocycles. The first-order chi connectivity index (χ1) is 16.5. The number of nitrogens with zero attached hydrogens (tertiary/aromatic N) is 1. The fourth-order valence-electron chi connectivity index (χ4n) is 4.52. The molecule has 1 amide bonds. The number of benzene rings is 3. The molecular weight excluding hydrogens is 518 g/mol. The second-order valence-corrected chi connectivity index (χ2v) is 9.91. The smallest absolute Gasteiger partial charge is 0.291 e. The van der Waals surface area contributed by atoms with Crippen molar-refractivity contribution < 1.29 is 18.7 Å². The molecule has 4 aromatic rings. The van der Waals surface area contributed by atoms with Crippen molar-refractivity contribution in [2.24, 2.45) is 0 Å². The molecule has 2 aliphatic rings. The Bertz CT molecular complexity index is 1510. The maximum absolute atomic E-state index is 13.7. The average molecular weight is 536 g/mol. The van der Waals surface area contributed by atoms with Gasteiger partial charge in [-0.2, -0.15) is 0 Å². The zero-order valence-corrected chi connectivity index (χ0v) is 20.4. The van der Waals surface area contributed by atoms with Crippen LogP contribution in [-0.4, -0.2) is 23.9 Å². The van der Waals surface area contributed by atoms with Crippen LogP contribution in [0, 0.1) is 0 Å². The molecule has 3 aromatic carbocycles. The van der Waals surface area contributed by atoms with E-state index in [9.17, 15) is 9.59 Å². The molecule has 0 fully saturated rings. The summed E-state index contributed by atoms with van der Waals surface area (Å²) in [5.41, 5.74) is 2.29. The number of carbonyl (C=O) groups excluding carboxylic acids is 1. The highest BCUT2D eigenvalue weighted by molar-refractivity contribution is 9.10. The van der Waals surface area contributed by atoms with Crippen LogP contribution >= 0.6 is 27.7 Å². The number of ether oxygens (including phenoxy) is 2. The number of rotatable bonds is 4. The highest BCUT2D eigenvalue weighted by atomic mass is 79.9. The van der Waals surface area contributed by atoms with Gasteiger partial charge in [-0.15, -0.1) is 11.8 Å². The number of halogens is 1. The number of amides is 1. The Morgan fingerprint density at radius 2 is 1.79 bits per heavy atom. The predicted molar refractivity (Wildman–Crippen MR) is 133 cm³/mol. The number of hydrogen-bond donors (Lipinski definition) is 0. The van der Waals surface area contributed by atoms with Gasteiger partial charge in [0.1, 0.15) is 5.58 Å². The molecule has 0 unspecified atom stereocenters. The summed E-state index contributed by atoms with van der Waals surface area (Å²) in [6.45, 7) is 0.464. The van der Waals surface area contributed by atoms with Crippen LogP contribution in [0.4, 0.5) is 0 Å². The lowest BCUT2D eigenvalue weighted by molar-refractivity contribution is 0.0714. The maximum atomic E-state index is 13.7. The Hall–Kier alpha value is -3.23. The number of carbonyl (C=O) groups is 1. The molecule has 1 atom stereocenters. The van der Waals surface area contributed by atoms with Gasteiger partial charge in [0.2, 0.25) is 12.6 Å². The number of thioether (sulfide) groups is 1. The van der Waals surface area contributed by atoms with Crippen molar-refractivity contribution >= 4 is 44.6 Å². The van der Waals surface area contributed by atoms with E-state index in [1.807, 2.05) is 48.7 Å². The SMILES string of the molecule is CSc1ccc([C@@H]2c3c(oc4ccc(Br)cc4c3=O)C(=O)N2Cc2ccc3c(c2)OCO3)cc1. The van der Waals surface area contributed by atoms with Gasteiger partial charge >= 0.3 is 0 Å². The molecule has 2 aliphatic heterocycles. The summed E-state index contributed by atoms with van der Waals surface area (Å²) in [5.74, 6) is 1.11. The minimum atomic E-state index is -0.566. The topological polar surface area (TPSA) is 69.0 Å². The van der Waals surface area contributed by atoms with E-state index >= 15 is 0 Å². The maximum Gasteiger partial charge on any atom is 0.291 e. The van der Waals surface area contributed by atoms with E-state index in [1.54, 1.807) is 34.9 Å². The summed E-state index contributed by atoms with van der Waals surface area (Å²) in [5, 5.41) is 0.441. The standard InChI is InChI=1S/C26H18BrNO5S/c1-34-17-6-3-15(4-7-17)23-22-24(29)18-11-16(27)5-9-19(18)33-25(22)26(30)28(23)12-14-2-8-20-21(10-14)32-13-31-20/h2-11,23H,12-13H2,1H3/t23-/m1/s1. The summed E-state index contributed by atoms with van der Waals surface area (Å²) in [7, 11) is 0. The summed E-state index contributed by atoms with van der Waals surface area (Å²) in [6.07, 6.45) is 2.01. The minimum absolute atomic E-state index is 0.0968. The van der Waals surface area contributed by atoms with Gasteiger partial charge in [0, 0.05) is 15.9 Å². The van der Waals surface area contributed by atoms with Crippen LogP contribution in [-0.2, 0) is 6.54 Å². The average Bonchev–Trinajstić information content (AvgIpc) is 3.43. The van der Waals surface area contributed by atoms with Gasteiger partial charge in [0.25, 0.3) is 5.91 Å². The zero-order chi connectivity index (χ0) is 23.4. The van der Waals surface area contributed by atoms with Crippen molar-refractivity contribution in [3.63, 3.8) is 0 Å². The third-order valence-electron chi connectivity index (χ3n) is 6.15. The van der Waals surface area contributed by atoms with Crippen LogP contribution in [0.15, 0.2) is 79.2 Å². The third kappa shape index (κ3) is 3.40. The first kappa shape index (κ1) is 21.3. The van der Waals surface area contributed by atoms with Crippen LogP contribution in [0.25, 0.3) is 11.0 Å². The Kier molecular flexibility index (Phi) is 5.15. The molecule has 1 aromatic heterocycles. The van der Waals surface area contributed by atoms with Gasteiger partial charge in [-0.25, -0.2) is 0 Å². The third-order valence-corrected chi connectivity index (χ3v) is 7.39. The lowest BCUT2D eigenvalue weighted by Gasteiger charge is -2.25. The second-order valence-electron chi connectivity index (χ2n) is 8.11. The lowest BCUT2D eigenvalue weighted by atomic mass is 9.98. The zero-order valence-electron chi connectivity index (χ0n) is 18.0. The molecule has 0 radical (unpaired) electrons. The van der Waals surface area contributed by atoms with E-state index < -0.39 is 6.04 Å². The molecule has 3 heterocycles. The molecule has 8 heteroatoms. The molecule has 0 spiro atoms.